The summed E-state index contributed by atoms with van der Waals surface area (Å²) in [5.74, 6) is -0.0270. The molecule has 2 N–H and O–H groups in total. The number of nitrogens with zero attached hydrogens (tertiary/aromatic N) is 5. The van der Waals surface area contributed by atoms with Crippen LogP contribution in [0.25, 0.3) is 10.8 Å². The van der Waals surface area contributed by atoms with Crippen LogP contribution in [0.5, 0.6) is 0 Å². The summed E-state index contributed by atoms with van der Waals surface area (Å²) in [4.78, 5) is 34.2. The second-order valence-electron chi connectivity index (χ2n) is 8.13. The van der Waals surface area contributed by atoms with E-state index in [1.54, 1.807) is 23.1 Å². The lowest BCUT2D eigenvalue weighted by Gasteiger charge is -2.25. The van der Waals surface area contributed by atoms with E-state index in [0.29, 0.717) is 24.6 Å². The van der Waals surface area contributed by atoms with Crippen LogP contribution in [0, 0.1) is 5.92 Å². The Hall–Kier alpha value is -4.14. The third-order valence-electron chi connectivity index (χ3n) is 5.98. The predicted octanol–water partition coefficient (Wildman–Crippen LogP) is 3.05. The van der Waals surface area contributed by atoms with Crippen LogP contribution in [0.3, 0.4) is 0 Å². The molecular formula is C24H23N7O2. The monoisotopic (exact) mass is 441 g/mol. The van der Waals surface area contributed by atoms with Gasteiger partial charge >= 0.3 is 0 Å². The van der Waals surface area contributed by atoms with E-state index in [0.717, 1.165) is 29.2 Å². The zero-order chi connectivity index (χ0) is 22.6. The van der Waals surface area contributed by atoms with E-state index in [9.17, 15) is 9.59 Å². The molecule has 0 spiro atoms. The van der Waals surface area contributed by atoms with Gasteiger partial charge in [-0.15, -0.1) is 5.10 Å². The van der Waals surface area contributed by atoms with Crippen LogP contribution >= 0.6 is 0 Å². The van der Waals surface area contributed by atoms with E-state index in [2.05, 4.69) is 30.9 Å². The molecule has 2 aromatic heterocycles. The minimum absolute atomic E-state index is 0.109. The fourth-order valence-electron chi connectivity index (χ4n) is 3.98. The van der Waals surface area contributed by atoms with Gasteiger partial charge in [-0.3, -0.25) is 9.59 Å². The molecule has 9 nitrogen and oxygen atoms in total. The van der Waals surface area contributed by atoms with Crippen LogP contribution in [-0.4, -0.2) is 43.3 Å². The van der Waals surface area contributed by atoms with Gasteiger partial charge in [-0.2, -0.15) is 0 Å². The third kappa shape index (κ3) is 4.43. The number of nitrogens with one attached hydrogen (secondary N) is 2. The Morgan fingerprint density at radius 2 is 1.79 bits per heavy atom. The average molecular weight is 441 g/mol. The van der Waals surface area contributed by atoms with Gasteiger partial charge in [-0.1, -0.05) is 42.0 Å². The molecule has 1 aliphatic carbocycles. The van der Waals surface area contributed by atoms with Gasteiger partial charge in [-0.25, -0.2) is 14.6 Å². The van der Waals surface area contributed by atoms with Gasteiger partial charge in [0.1, 0.15) is 0 Å². The van der Waals surface area contributed by atoms with E-state index in [4.69, 9.17) is 0 Å². The van der Waals surface area contributed by atoms with Gasteiger partial charge in [0.15, 0.2) is 11.5 Å². The molecular weight excluding hydrogens is 418 g/mol. The van der Waals surface area contributed by atoms with Crippen LogP contribution in [0.2, 0.25) is 0 Å². The summed E-state index contributed by atoms with van der Waals surface area (Å²) in [5, 5.41) is 15.3. The highest BCUT2D eigenvalue weighted by molar-refractivity contribution is 6.14. The van der Waals surface area contributed by atoms with E-state index < -0.39 is 0 Å². The van der Waals surface area contributed by atoms with Gasteiger partial charge in [0.25, 0.3) is 11.8 Å². The van der Waals surface area contributed by atoms with Crippen molar-refractivity contribution >= 4 is 28.4 Å². The number of carbonyl (C=O) groups is 2. The van der Waals surface area contributed by atoms with E-state index in [1.807, 2.05) is 30.3 Å². The number of rotatable bonds is 7. The molecule has 1 aliphatic rings. The maximum absolute atomic E-state index is 13.2. The van der Waals surface area contributed by atoms with E-state index in [-0.39, 0.29) is 23.3 Å². The number of amides is 2. The molecule has 0 radical (unpaired) electrons. The van der Waals surface area contributed by atoms with Crippen molar-refractivity contribution in [2.75, 3.05) is 11.9 Å². The number of aromatic nitrogens is 5. The largest absolute Gasteiger partial charge is 0.350 e. The fraction of sp³-hybridized carbons (Fsp3) is 0.250. The topological polar surface area (TPSA) is 115 Å². The van der Waals surface area contributed by atoms with E-state index >= 15 is 0 Å². The van der Waals surface area contributed by atoms with Crippen molar-refractivity contribution in [1.82, 2.24) is 30.3 Å². The quantitative estimate of drug-likeness (QED) is 0.456. The zero-order valence-electron chi connectivity index (χ0n) is 17.9. The smallest absolute Gasteiger partial charge is 0.273 e. The molecule has 2 amide bonds. The molecule has 1 saturated carbocycles. The first-order valence-electron chi connectivity index (χ1n) is 10.9. The van der Waals surface area contributed by atoms with Crippen molar-refractivity contribution in [2.24, 2.45) is 5.92 Å². The molecule has 2 aromatic carbocycles. The van der Waals surface area contributed by atoms with Gasteiger partial charge < -0.3 is 10.6 Å². The first-order valence-corrected chi connectivity index (χ1v) is 10.9. The molecule has 0 saturated heterocycles. The van der Waals surface area contributed by atoms with Crippen molar-refractivity contribution in [3.63, 3.8) is 0 Å². The lowest BCUT2D eigenvalue weighted by atomic mass is 9.85. The molecule has 0 atom stereocenters. The molecule has 1 fully saturated rings. The minimum atomic E-state index is -0.355. The predicted molar refractivity (Wildman–Crippen MR) is 123 cm³/mol. The Labute approximate surface area is 190 Å². The summed E-state index contributed by atoms with van der Waals surface area (Å²) in [5.41, 5.74) is 1.61. The summed E-state index contributed by atoms with van der Waals surface area (Å²) in [6.45, 7) is 1.15. The Morgan fingerprint density at radius 1 is 0.970 bits per heavy atom. The average Bonchev–Trinajstić information content (AvgIpc) is 3.31. The molecule has 2 heterocycles. The SMILES string of the molecule is O=C(NCC1CCC1)c1nccnc1NC(=O)c1ccc(Cn2ccnn2)c2ccccc12. The van der Waals surface area contributed by atoms with Gasteiger partial charge in [0, 0.05) is 30.7 Å². The van der Waals surface area contributed by atoms with Gasteiger partial charge in [0.2, 0.25) is 0 Å². The fourth-order valence-corrected chi connectivity index (χ4v) is 3.98. The lowest BCUT2D eigenvalue weighted by molar-refractivity contribution is 0.0934. The first-order chi connectivity index (χ1) is 16.2. The number of carbonyl (C=O) groups excluding carboxylic acids is 2. The summed E-state index contributed by atoms with van der Waals surface area (Å²) in [6, 6.07) is 11.4. The van der Waals surface area contributed by atoms with E-state index in [1.165, 1.54) is 18.8 Å². The number of hydrogen-bond acceptors (Lipinski definition) is 6. The highest BCUT2D eigenvalue weighted by Crippen LogP contribution is 2.26. The maximum Gasteiger partial charge on any atom is 0.273 e. The van der Waals surface area contributed by atoms with Crippen molar-refractivity contribution in [3.8, 4) is 0 Å². The van der Waals surface area contributed by atoms with Gasteiger partial charge in [-0.05, 0) is 41.2 Å². The van der Waals surface area contributed by atoms with Crippen LogP contribution < -0.4 is 10.6 Å². The highest BCUT2D eigenvalue weighted by atomic mass is 16.2. The van der Waals surface area contributed by atoms with Crippen molar-refractivity contribution < 1.29 is 9.59 Å². The zero-order valence-corrected chi connectivity index (χ0v) is 17.9. The molecule has 166 valence electrons. The number of hydrogen-bond donors (Lipinski definition) is 2. The van der Waals surface area contributed by atoms with Crippen LogP contribution in [-0.2, 0) is 6.54 Å². The number of anilines is 1. The highest BCUT2D eigenvalue weighted by Gasteiger charge is 2.22. The Kier molecular flexibility index (Phi) is 5.75. The Balaban J connectivity index is 1.39. The summed E-state index contributed by atoms with van der Waals surface area (Å²) in [6.07, 6.45) is 9.79. The molecule has 4 aromatic rings. The maximum atomic E-state index is 13.2. The van der Waals surface area contributed by atoms with Crippen LogP contribution in [0.1, 0.15) is 45.7 Å². The van der Waals surface area contributed by atoms with Crippen molar-refractivity contribution in [2.45, 2.75) is 25.8 Å². The second-order valence-corrected chi connectivity index (χ2v) is 8.13. The van der Waals surface area contributed by atoms with Crippen LogP contribution in [0.4, 0.5) is 5.82 Å². The Bertz CT molecular complexity index is 1300. The number of benzene rings is 2. The summed E-state index contributed by atoms with van der Waals surface area (Å²) in [7, 11) is 0. The summed E-state index contributed by atoms with van der Waals surface area (Å²) >= 11 is 0. The number of fused-ring (bicyclic) bond motifs is 1. The molecule has 9 heteroatoms. The molecule has 0 bridgehead atoms. The van der Waals surface area contributed by atoms with Gasteiger partial charge in [0.05, 0.1) is 12.7 Å². The molecule has 0 aliphatic heterocycles. The molecule has 5 rings (SSSR count). The Morgan fingerprint density at radius 3 is 2.55 bits per heavy atom. The lowest BCUT2D eigenvalue weighted by Crippen LogP contribution is -2.33. The standard InChI is InChI=1S/C24H23N7O2/c32-23(29-22-21(25-10-11-26-22)24(33)27-14-16-4-3-5-16)20-9-8-17(15-31-13-12-28-30-31)18-6-1-2-7-19(18)20/h1-2,6-13,16H,3-5,14-15H2,(H,27,33)(H,26,29,32). The third-order valence-corrected chi connectivity index (χ3v) is 5.98. The normalized spacial score (nSPS) is 13.5. The molecule has 33 heavy (non-hydrogen) atoms. The summed E-state index contributed by atoms with van der Waals surface area (Å²) < 4.78 is 1.73. The molecule has 0 unspecified atom stereocenters. The second kappa shape index (κ2) is 9.15. The minimum Gasteiger partial charge on any atom is -0.350 e. The first kappa shape index (κ1) is 20.7. The van der Waals surface area contributed by atoms with Crippen LogP contribution in [0.15, 0.2) is 61.2 Å². The van der Waals surface area contributed by atoms with Crippen molar-refractivity contribution in [1.29, 1.82) is 0 Å². The van der Waals surface area contributed by atoms with Crippen molar-refractivity contribution in [3.05, 3.63) is 78.0 Å².